The van der Waals surface area contributed by atoms with E-state index in [1.807, 2.05) is 19.2 Å². The molecular formula is C9H9BrN4S. The molecule has 2 rings (SSSR count). The zero-order valence-corrected chi connectivity index (χ0v) is 10.4. The number of nitrogen functional groups attached to an aromatic ring is 1. The highest BCUT2D eigenvalue weighted by molar-refractivity contribution is 9.10. The van der Waals surface area contributed by atoms with Gasteiger partial charge in [-0.1, -0.05) is 0 Å². The van der Waals surface area contributed by atoms with Crippen LogP contribution in [-0.4, -0.2) is 14.8 Å². The first kappa shape index (κ1) is 10.5. The Bertz CT molecular complexity index is 483. The summed E-state index contributed by atoms with van der Waals surface area (Å²) in [5.41, 5.74) is 6.46. The summed E-state index contributed by atoms with van der Waals surface area (Å²) in [7, 11) is 1.84. The van der Waals surface area contributed by atoms with Gasteiger partial charge < -0.3 is 5.73 Å². The quantitative estimate of drug-likeness (QED) is 0.920. The maximum Gasteiger partial charge on any atom is 0.147 e. The molecule has 0 aliphatic rings. The third-order valence-electron chi connectivity index (χ3n) is 1.74. The van der Waals surface area contributed by atoms with Gasteiger partial charge in [0.2, 0.25) is 0 Å². The molecule has 2 aromatic heterocycles. The Kier molecular flexibility index (Phi) is 2.97. The van der Waals surface area contributed by atoms with E-state index in [4.69, 9.17) is 5.73 Å². The SMILES string of the molecule is Cn1cc(N)c(Sc2ncccc2Br)n1. The molecule has 0 radical (unpaired) electrons. The predicted molar refractivity (Wildman–Crippen MR) is 63.7 cm³/mol. The molecule has 15 heavy (non-hydrogen) atoms. The first-order valence-electron chi connectivity index (χ1n) is 4.24. The zero-order chi connectivity index (χ0) is 10.8. The topological polar surface area (TPSA) is 56.7 Å². The van der Waals surface area contributed by atoms with Crippen molar-refractivity contribution in [1.29, 1.82) is 0 Å². The molecule has 0 unspecified atom stereocenters. The largest absolute Gasteiger partial charge is 0.395 e. The summed E-state index contributed by atoms with van der Waals surface area (Å²) in [6.07, 6.45) is 3.52. The van der Waals surface area contributed by atoms with E-state index in [1.165, 1.54) is 11.8 Å². The molecule has 0 spiro atoms. The van der Waals surface area contributed by atoms with Crippen molar-refractivity contribution in [3.05, 3.63) is 29.0 Å². The Balaban J connectivity index is 2.29. The third kappa shape index (κ3) is 2.32. The highest BCUT2D eigenvalue weighted by Crippen LogP contribution is 2.33. The molecule has 0 amide bonds. The number of rotatable bonds is 2. The standard InChI is InChI=1S/C9H9BrN4S/c1-14-5-7(11)9(13-14)15-8-6(10)3-2-4-12-8/h2-5H,11H2,1H3. The lowest BCUT2D eigenvalue weighted by Crippen LogP contribution is -1.88. The average Bonchev–Trinajstić information content (AvgIpc) is 2.49. The zero-order valence-electron chi connectivity index (χ0n) is 8.01. The van der Waals surface area contributed by atoms with Crippen molar-refractivity contribution in [3.8, 4) is 0 Å². The molecule has 2 heterocycles. The van der Waals surface area contributed by atoms with E-state index < -0.39 is 0 Å². The van der Waals surface area contributed by atoms with Crippen LogP contribution in [0.25, 0.3) is 0 Å². The lowest BCUT2D eigenvalue weighted by atomic mass is 10.5. The van der Waals surface area contributed by atoms with Crippen LogP contribution in [0.4, 0.5) is 5.69 Å². The lowest BCUT2D eigenvalue weighted by molar-refractivity contribution is 0.738. The van der Waals surface area contributed by atoms with Crippen LogP contribution in [0.2, 0.25) is 0 Å². The molecule has 0 atom stereocenters. The Morgan fingerprint density at radius 2 is 2.27 bits per heavy atom. The Morgan fingerprint density at radius 3 is 2.87 bits per heavy atom. The smallest absolute Gasteiger partial charge is 0.147 e. The Labute approximate surface area is 100 Å². The number of nitrogens with two attached hydrogens (primary N) is 1. The number of hydrogen-bond donors (Lipinski definition) is 1. The minimum Gasteiger partial charge on any atom is -0.395 e. The minimum atomic E-state index is 0.667. The molecule has 4 nitrogen and oxygen atoms in total. The minimum absolute atomic E-state index is 0.667. The van der Waals surface area contributed by atoms with E-state index in [1.54, 1.807) is 17.1 Å². The molecule has 0 fully saturated rings. The van der Waals surface area contributed by atoms with Crippen LogP contribution in [0.3, 0.4) is 0 Å². The molecule has 0 saturated carbocycles. The summed E-state index contributed by atoms with van der Waals surface area (Å²) in [6.45, 7) is 0. The summed E-state index contributed by atoms with van der Waals surface area (Å²) in [5, 5.41) is 5.88. The van der Waals surface area contributed by atoms with Crippen molar-refractivity contribution in [1.82, 2.24) is 14.8 Å². The Hall–Kier alpha value is -1.01. The maximum atomic E-state index is 5.79. The number of pyridine rings is 1. The van der Waals surface area contributed by atoms with Gasteiger partial charge in [-0.2, -0.15) is 5.10 Å². The number of halogens is 1. The first-order chi connectivity index (χ1) is 7.16. The number of anilines is 1. The van der Waals surface area contributed by atoms with Crippen LogP contribution in [-0.2, 0) is 7.05 Å². The number of nitrogens with zero attached hydrogens (tertiary/aromatic N) is 3. The molecule has 0 aliphatic heterocycles. The number of aromatic nitrogens is 3. The molecule has 2 N–H and O–H groups in total. The van der Waals surface area contributed by atoms with Gasteiger partial charge in [0.1, 0.15) is 10.1 Å². The van der Waals surface area contributed by atoms with Crippen molar-refractivity contribution in [2.24, 2.45) is 7.05 Å². The molecule has 0 aliphatic carbocycles. The summed E-state index contributed by atoms with van der Waals surface area (Å²) in [4.78, 5) is 4.24. The van der Waals surface area contributed by atoms with Gasteiger partial charge in [-0.15, -0.1) is 0 Å². The van der Waals surface area contributed by atoms with Crippen LogP contribution in [0, 0.1) is 0 Å². The van der Waals surface area contributed by atoms with Crippen LogP contribution < -0.4 is 5.73 Å². The van der Waals surface area contributed by atoms with Gasteiger partial charge in [0.15, 0.2) is 0 Å². The number of hydrogen-bond acceptors (Lipinski definition) is 4. The average molecular weight is 285 g/mol. The highest BCUT2D eigenvalue weighted by Gasteiger charge is 2.09. The van der Waals surface area contributed by atoms with E-state index >= 15 is 0 Å². The van der Waals surface area contributed by atoms with Crippen molar-refractivity contribution >= 4 is 33.4 Å². The highest BCUT2D eigenvalue weighted by atomic mass is 79.9. The monoisotopic (exact) mass is 284 g/mol. The maximum absolute atomic E-state index is 5.79. The summed E-state index contributed by atoms with van der Waals surface area (Å²) >= 11 is 4.87. The van der Waals surface area contributed by atoms with Crippen molar-refractivity contribution in [2.45, 2.75) is 10.1 Å². The van der Waals surface area contributed by atoms with Gasteiger partial charge >= 0.3 is 0 Å². The third-order valence-corrected chi connectivity index (χ3v) is 3.67. The second kappa shape index (κ2) is 4.24. The number of aryl methyl sites for hydroxylation is 1. The van der Waals surface area contributed by atoms with Crippen LogP contribution in [0.15, 0.2) is 39.1 Å². The molecule has 0 bridgehead atoms. The predicted octanol–water partition coefficient (Wildman–Crippen LogP) is 2.31. The van der Waals surface area contributed by atoms with Crippen molar-refractivity contribution in [3.63, 3.8) is 0 Å². The van der Waals surface area contributed by atoms with E-state index in [9.17, 15) is 0 Å². The summed E-state index contributed by atoms with van der Waals surface area (Å²) in [6, 6.07) is 3.81. The summed E-state index contributed by atoms with van der Waals surface area (Å²) < 4.78 is 2.63. The lowest BCUT2D eigenvalue weighted by Gasteiger charge is -2.00. The van der Waals surface area contributed by atoms with E-state index in [2.05, 4.69) is 26.0 Å². The van der Waals surface area contributed by atoms with E-state index in [0.29, 0.717) is 5.69 Å². The molecule has 78 valence electrons. The molecule has 0 aromatic carbocycles. The molecule has 2 aromatic rings. The molecular weight excluding hydrogens is 276 g/mol. The van der Waals surface area contributed by atoms with Gasteiger partial charge in [0.05, 0.1) is 10.2 Å². The van der Waals surface area contributed by atoms with Crippen molar-refractivity contribution < 1.29 is 0 Å². The molecule has 0 saturated heterocycles. The van der Waals surface area contributed by atoms with Gasteiger partial charge in [-0.25, -0.2) is 4.98 Å². The fourth-order valence-corrected chi connectivity index (χ4v) is 2.40. The van der Waals surface area contributed by atoms with E-state index in [0.717, 1.165) is 14.5 Å². The van der Waals surface area contributed by atoms with Gasteiger partial charge in [0.25, 0.3) is 0 Å². The Morgan fingerprint density at radius 1 is 1.47 bits per heavy atom. The van der Waals surface area contributed by atoms with Gasteiger partial charge in [-0.3, -0.25) is 4.68 Å². The van der Waals surface area contributed by atoms with E-state index in [-0.39, 0.29) is 0 Å². The molecule has 6 heteroatoms. The van der Waals surface area contributed by atoms with Crippen LogP contribution >= 0.6 is 27.7 Å². The van der Waals surface area contributed by atoms with Gasteiger partial charge in [0, 0.05) is 19.4 Å². The van der Waals surface area contributed by atoms with Crippen LogP contribution in [0.5, 0.6) is 0 Å². The van der Waals surface area contributed by atoms with Crippen LogP contribution in [0.1, 0.15) is 0 Å². The fraction of sp³-hybridized carbons (Fsp3) is 0.111. The van der Waals surface area contributed by atoms with Gasteiger partial charge in [-0.05, 0) is 39.8 Å². The summed E-state index contributed by atoms with van der Waals surface area (Å²) in [5.74, 6) is 0. The second-order valence-corrected chi connectivity index (χ2v) is 4.79. The van der Waals surface area contributed by atoms with Crippen molar-refractivity contribution in [2.75, 3.05) is 5.73 Å². The fourth-order valence-electron chi connectivity index (χ4n) is 1.10. The second-order valence-electron chi connectivity index (χ2n) is 2.96. The normalized spacial score (nSPS) is 10.5. The first-order valence-corrected chi connectivity index (χ1v) is 5.85.